The average molecular weight is 190 g/mol. The summed E-state index contributed by atoms with van der Waals surface area (Å²) < 4.78 is 0. The summed E-state index contributed by atoms with van der Waals surface area (Å²) in [5, 5.41) is 7.04. The molecule has 1 aromatic rings. The fraction of sp³-hybridized carbons (Fsp3) is 0.500. The summed E-state index contributed by atoms with van der Waals surface area (Å²) in [6, 6.07) is 11.6. The van der Waals surface area contributed by atoms with Gasteiger partial charge in [-0.15, -0.1) is 0 Å². The molecular formula is C12H18N2. The van der Waals surface area contributed by atoms with E-state index in [9.17, 15) is 0 Å². The van der Waals surface area contributed by atoms with E-state index >= 15 is 0 Å². The molecule has 0 bridgehead atoms. The largest absolute Gasteiger partial charge is 0.381 e. The lowest BCUT2D eigenvalue weighted by Gasteiger charge is -2.21. The molecule has 14 heavy (non-hydrogen) atoms. The van der Waals surface area contributed by atoms with Gasteiger partial charge in [0.1, 0.15) is 0 Å². The fourth-order valence-corrected chi connectivity index (χ4v) is 2.04. The second-order valence-corrected chi connectivity index (χ2v) is 4.00. The Labute approximate surface area is 85.7 Å². The topological polar surface area (TPSA) is 24.1 Å². The molecule has 2 nitrogen and oxygen atoms in total. The van der Waals surface area contributed by atoms with Crippen LogP contribution in [-0.2, 0) is 0 Å². The van der Waals surface area contributed by atoms with Crippen LogP contribution in [-0.4, -0.2) is 18.6 Å². The van der Waals surface area contributed by atoms with Gasteiger partial charge in [-0.1, -0.05) is 18.2 Å². The smallest absolute Gasteiger partial charge is 0.0386 e. The van der Waals surface area contributed by atoms with Crippen molar-refractivity contribution in [2.75, 3.05) is 11.9 Å². The summed E-state index contributed by atoms with van der Waals surface area (Å²) in [5.41, 5.74) is 1.22. The Morgan fingerprint density at radius 2 is 2.14 bits per heavy atom. The van der Waals surface area contributed by atoms with Gasteiger partial charge in [0.05, 0.1) is 0 Å². The lowest BCUT2D eigenvalue weighted by molar-refractivity contribution is 0.538. The Morgan fingerprint density at radius 3 is 2.79 bits per heavy atom. The Hall–Kier alpha value is -1.02. The maximum Gasteiger partial charge on any atom is 0.0386 e. The van der Waals surface area contributed by atoms with E-state index in [2.05, 4.69) is 41.8 Å². The molecular weight excluding hydrogens is 172 g/mol. The minimum absolute atomic E-state index is 0.514. The van der Waals surface area contributed by atoms with Crippen LogP contribution >= 0.6 is 0 Å². The maximum atomic E-state index is 3.52. The van der Waals surface area contributed by atoms with Crippen molar-refractivity contribution in [2.45, 2.75) is 31.8 Å². The van der Waals surface area contributed by atoms with Gasteiger partial charge in [0.15, 0.2) is 0 Å². The molecule has 0 amide bonds. The van der Waals surface area contributed by atoms with Gasteiger partial charge in [-0.2, -0.15) is 0 Å². The summed E-state index contributed by atoms with van der Waals surface area (Å²) in [7, 11) is 0. The predicted octanol–water partition coefficient (Wildman–Crippen LogP) is 2.24. The van der Waals surface area contributed by atoms with Gasteiger partial charge in [-0.3, -0.25) is 0 Å². The molecule has 76 valence electrons. The summed E-state index contributed by atoms with van der Waals surface area (Å²) >= 11 is 0. The molecule has 1 fully saturated rings. The number of benzene rings is 1. The molecule has 2 rings (SSSR count). The van der Waals surface area contributed by atoms with E-state index in [0.717, 1.165) is 0 Å². The number of nitrogens with one attached hydrogen (secondary N) is 2. The van der Waals surface area contributed by atoms with Gasteiger partial charge in [0.25, 0.3) is 0 Å². The molecule has 2 unspecified atom stereocenters. The highest BCUT2D eigenvalue weighted by atomic mass is 15.0. The number of hydrogen-bond donors (Lipinski definition) is 2. The number of para-hydroxylation sites is 1. The zero-order chi connectivity index (χ0) is 9.80. The molecule has 2 heteroatoms. The first-order valence-electron chi connectivity index (χ1n) is 5.41. The maximum absolute atomic E-state index is 3.52. The van der Waals surface area contributed by atoms with E-state index in [1.165, 1.54) is 25.1 Å². The number of hydrogen-bond acceptors (Lipinski definition) is 2. The van der Waals surface area contributed by atoms with Crippen LogP contribution in [0.3, 0.4) is 0 Å². The van der Waals surface area contributed by atoms with Crippen LogP contribution < -0.4 is 10.6 Å². The third-order valence-electron chi connectivity index (χ3n) is 2.87. The van der Waals surface area contributed by atoms with E-state index in [1.54, 1.807) is 0 Å². The van der Waals surface area contributed by atoms with Crippen LogP contribution in [0, 0.1) is 0 Å². The van der Waals surface area contributed by atoms with E-state index in [4.69, 9.17) is 0 Å². The van der Waals surface area contributed by atoms with E-state index in [1.807, 2.05) is 6.07 Å². The molecule has 1 saturated heterocycles. The Balaban J connectivity index is 1.90. The third kappa shape index (κ3) is 2.26. The fourth-order valence-electron chi connectivity index (χ4n) is 2.04. The second kappa shape index (κ2) is 4.47. The molecule has 2 atom stereocenters. The molecule has 1 aromatic carbocycles. The number of rotatable bonds is 3. The van der Waals surface area contributed by atoms with Crippen LogP contribution in [0.15, 0.2) is 30.3 Å². The van der Waals surface area contributed by atoms with Crippen LogP contribution in [0.5, 0.6) is 0 Å². The standard InChI is InChI=1S/C12H18N2/c1-10(12-8-5-9-13-12)14-11-6-3-2-4-7-11/h2-4,6-7,10,12-14H,5,8-9H2,1H3. The highest BCUT2D eigenvalue weighted by Gasteiger charge is 2.20. The first-order chi connectivity index (χ1) is 6.86. The van der Waals surface area contributed by atoms with Gasteiger partial charge in [-0.05, 0) is 38.4 Å². The lowest BCUT2D eigenvalue weighted by Crippen LogP contribution is -2.37. The molecule has 2 N–H and O–H groups in total. The minimum Gasteiger partial charge on any atom is -0.381 e. The Kier molecular flexibility index (Phi) is 3.04. The minimum atomic E-state index is 0.514. The molecule has 0 aromatic heterocycles. The highest BCUT2D eigenvalue weighted by Crippen LogP contribution is 2.14. The quantitative estimate of drug-likeness (QED) is 0.764. The van der Waals surface area contributed by atoms with Gasteiger partial charge in [0, 0.05) is 17.8 Å². The van der Waals surface area contributed by atoms with Crippen molar-refractivity contribution in [1.82, 2.24) is 5.32 Å². The molecule has 0 saturated carbocycles. The van der Waals surface area contributed by atoms with E-state index in [0.29, 0.717) is 12.1 Å². The van der Waals surface area contributed by atoms with Crippen molar-refractivity contribution >= 4 is 5.69 Å². The average Bonchev–Trinajstić information content (AvgIpc) is 2.72. The van der Waals surface area contributed by atoms with Crippen molar-refractivity contribution in [2.24, 2.45) is 0 Å². The molecule has 1 heterocycles. The number of anilines is 1. The Bertz CT molecular complexity index is 265. The zero-order valence-electron chi connectivity index (χ0n) is 8.66. The monoisotopic (exact) mass is 190 g/mol. The van der Waals surface area contributed by atoms with Crippen LogP contribution in [0.2, 0.25) is 0 Å². The molecule has 1 aliphatic heterocycles. The first-order valence-corrected chi connectivity index (χ1v) is 5.41. The SMILES string of the molecule is CC(Nc1ccccc1)C1CCCN1. The third-order valence-corrected chi connectivity index (χ3v) is 2.87. The second-order valence-electron chi connectivity index (χ2n) is 4.00. The van der Waals surface area contributed by atoms with Crippen molar-refractivity contribution in [3.05, 3.63) is 30.3 Å². The first kappa shape index (κ1) is 9.53. The summed E-state index contributed by atoms with van der Waals surface area (Å²) in [5.74, 6) is 0. The summed E-state index contributed by atoms with van der Waals surface area (Å²) in [6.07, 6.45) is 2.60. The molecule has 0 spiro atoms. The van der Waals surface area contributed by atoms with Crippen molar-refractivity contribution in [3.63, 3.8) is 0 Å². The van der Waals surface area contributed by atoms with Crippen LogP contribution in [0.1, 0.15) is 19.8 Å². The van der Waals surface area contributed by atoms with Crippen molar-refractivity contribution < 1.29 is 0 Å². The summed E-state index contributed by atoms with van der Waals surface area (Å²) in [6.45, 7) is 3.42. The van der Waals surface area contributed by atoms with Gasteiger partial charge >= 0.3 is 0 Å². The van der Waals surface area contributed by atoms with Crippen LogP contribution in [0.25, 0.3) is 0 Å². The van der Waals surface area contributed by atoms with Gasteiger partial charge in [-0.25, -0.2) is 0 Å². The summed E-state index contributed by atoms with van der Waals surface area (Å²) in [4.78, 5) is 0. The van der Waals surface area contributed by atoms with E-state index in [-0.39, 0.29) is 0 Å². The lowest BCUT2D eigenvalue weighted by atomic mass is 10.1. The predicted molar refractivity (Wildman–Crippen MR) is 60.6 cm³/mol. The Morgan fingerprint density at radius 1 is 1.36 bits per heavy atom. The highest BCUT2D eigenvalue weighted by molar-refractivity contribution is 5.43. The van der Waals surface area contributed by atoms with Gasteiger partial charge in [0.2, 0.25) is 0 Å². The van der Waals surface area contributed by atoms with Crippen LogP contribution in [0.4, 0.5) is 5.69 Å². The van der Waals surface area contributed by atoms with Crippen molar-refractivity contribution in [1.29, 1.82) is 0 Å². The van der Waals surface area contributed by atoms with Crippen molar-refractivity contribution in [3.8, 4) is 0 Å². The molecule has 0 radical (unpaired) electrons. The molecule has 1 aliphatic rings. The van der Waals surface area contributed by atoms with Gasteiger partial charge < -0.3 is 10.6 Å². The molecule has 0 aliphatic carbocycles. The normalized spacial score (nSPS) is 23.4. The zero-order valence-corrected chi connectivity index (χ0v) is 8.66. The van der Waals surface area contributed by atoms with E-state index < -0.39 is 0 Å².